The first kappa shape index (κ1) is 19.1. The maximum atomic E-state index is 12.6. The van der Waals surface area contributed by atoms with E-state index < -0.39 is 10.0 Å². The van der Waals surface area contributed by atoms with E-state index in [1.807, 2.05) is 32.9 Å². The number of aryl methyl sites for hydroxylation is 2. The molecule has 0 spiro atoms. The van der Waals surface area contributed by atoms with Crippen molar-refractivity contribution in [1.82, 2.24) is 4.98 Å². The molecule has 140 valence electrons. The third kappa shape index (κ3) is 4.35. The Hall–Kier alpha value is -2.71. The molecule has 6 nitrogen and oxygen atoms in total. The second-order valence-corrected chi connectivity index (χ2v) is 8.75. The van der Waals surface area contributed by atoms with Crippen LogP contribution in [0, 0.1) is 20.8 Å². The van der Waals surface area contributed by atoms with Gasteiger partial charge >= 0.3 is 0 Å². The lowest BCUT2D eigenvalue weighted by Gasteiger charge is -2.12. The number of hydrogen-bond donors (Lipinski definition) is 2. The lowest BCUT2D eigenvalue weighted by Crippen LogP contribution is -2.15. The summed E-state index contributed by atoms with van der Waals surface area (Å²) >= 11 is 1.20. The van der Waals surface area contributed by atoms with Crippen LogP contribution in [0.2, 0.25) is 0 Å². The summed E-state index contributed by atoms with van der Waals surface area (Å²) in [4.78, 5) is 16.6. The first-order valence-corrected chi connectivity index (χ1v) is 10.5. The minimum absolute atomic E-state index is 0.0956. The molecule has 0 aliphatic carbocycles. The van der Waals surface area contributed by atoms with Crippen LogP contribution in [0.3, 0.4) is 0 Å². The Kier molecular flexibility index (Phi) is 5.29. The average Bonchev–Trinajstić information content (AvgIpc) is 3.10. The van der Waals surface area contributed by atoms with Gasteiger partial charge in [-0.3, -0.25) is 9.52 Å². The zero-order chi connectivity index (χ0) is 19.6. The molecule has 27 heavy (non-hydrogen) atoms. The third-order valence-electron chi connectivity index (χ3n) is 4.13. The monoisotopic (exact) mass is 401 g/mol. The molecule has 0 radical (unpaired) electrons. The van der Waals surface area contributed by atoms with Crippen molar-refractivity contribution in [1.29, 1.82) is 0 Å². The quantitative estimate of drug-likeness (QED) is 0.673. The van der Waals surface area contributed by atoms with Crippen LogP contribution in [0.5, 0.6) is 0 Å². The molecular weight excluding hydrogens is 382 g/mol. The number of benzene rings is 2. The molecule has 3 aromatic rings. The Morgan fingerprint density at radius 3 is 2.41 bits per heavy atom. The van der Waals surface area contributed by atoms with Gasteiger partial charge in [0, 0.05) is 22.8 Å². The lowest BCUT2D eigenvalue weighted by atomic mass is 9.99. The lowest BCUT2D eigenvalue weighted by molar-refractivity contribution is 0.102. The fraction of sp³-hybridized carbons (Fsp3) is 0.158. The van der Waals surface area contributed by atoms with E-state index in [1.54, 1.807) is 17.5 Å². The van der Waals surface area contributed by atoms with Gasteiger partial charge in [-0.05, 0) is 62.2 Å². The highest BCUT2D eigenvalue weighted by Gasteiger charge is 2.16. The van der Waals surface area contributed by atoms with Crippen molar-refractivity contribution in [2.75, 3.05) is 10.0 Å². The highest BCUT2D eigenvalue weighted by atomic mass is 32.2. The van der Waals surface area contributed by atoms with Crippen molar-refractivity contribution in [3.05, 3.63) is 70.2 Å². The normalized spacial score (nSPS) is 11.2. The topological polar surface area (TPSA) is 88.2 Å². The van der Waals surface area contributed by atoms with Crippen molar-refractivity contribution in [2.24, 2.45) is 0 Å². The van der Waals surface area contributed by atoms with Crippen molar-refractivity contribution < 1.29 is 13.2 Å². The number of thiazole rings is 1. The minimum Gasteiger partial charge on any atom is -0.322 e. The van der Waals surface area contributed by atoms with Crippen molar-refractivity contribution in [3.8, 4) is 0 Å². The molecule has 2 aromatic carbocycles. The summed E-state index contributed by atoms with van der Waals surface area (Å²) in [6, 6.07) is 9.88. The van der Waals surface area contributed by atoms with E-state index >= 15 is 0 Å². The zero-order valence-corrected chi connectivity index (χ0v) is 16.7. The average molecular weight is 402 g/mol. The molecule has 2 N–H and O–H groups in total. The standard InChI is InChI=1S/C19H19N3O3S2/c1-12-10-13(2)14(3)17(11-12)18(23)21-15-4-6-16(7-5-15)27(24,25)22-19-20-8-9-26-19/h4-11H,1-3H3,(H,20,22)(H,21,23). The van der Waals surface area contributed by atoms with Crippen LogP contribution in [0.1, 0.15) is 27.0 Å². The molecule has 0 fully saturated rings. The highest BCUT2D eigenvalue weighted by molar-refractivity contribution is 7.93. The minimum atomic E-state index is -3.71. The van der Waals surface area contributed by atoms with E-state index in [9.17, 15) is 13.2 Å². The molecular formula is C19H19N3O3S2. The molecule has 1 amide bonds. The first-order chi connectivity index (χ1) is 12.8. The van der Waals surface area contributed by atoms with E-state index in [4.69, 9.17) is 0 Å². The van der Waals surface area contributed by atoms with Crippen LogP contribution < -0.4 is 10.0 Å². The van der Waals surface area contributed by atoms with Crippen LogP contribution in [-0.2, 0) is 10.0 Å². The molecule has 3 rings (SSSR count). The summed E-state index contributed by atoms with van der Waals surface area (Å²) in [5.74, 6) is -0.226. The second kappa shape index (κ2) is 7.50. The predicted octanol–water partition coefficient (Wildman–Crippen LogP) is 4.12. The van der Waals surface area contributed by atoms with E-state index in [-0.39, 0.29) is 10.8 Å². The van der Waals surface area contributed by atoms with E-state index in [0.29, 0.717) is 16.4 Å². The number of anilines is 2. The van der Waals surface area contributed by atoms with Gasteiger partial charge in [-0.25, -0.2) is 13.4 Å². The van der Waals surface area contributed by atoms with Gasteiger partial charge in [-0.1, -0.05) is 11.6 Å². The van der Waals surface area contributed by atoms with E-state index in [1.165, 1.54) is 29.7 Å². The van der Waals surface area contributed by atoms with Crippen LogP contribution in [0.15, 0.2) is 52.9 Å². The molecule has 0 bridgehead atoms. The summed E-state index contributed by atoms with van der Waals surface area (Å²) in [5.41, 5.74) is 4.11. The molecule has 8 heteroatoms. The molecule has 1 heterocycles. The van der Waals surface area contributed by atoms with Crippen LogP contribution in [0.25, 0.3) is 0 Å². The third-order valence-corrected chi connectivity index (χ3v) is 6.31. The number of carbonyl (C=O) groups is 1. The van der Waals surface area contributed by atoms with Crippen molar-refractivity contribution in [3.63, 3.8) is 0 Å². The Labute approximate surface area is 162 Å². The largest absolute Gasteiger partial charge is 0.322 e. The Morgan fingerprint density at radius 1 is 1.07 bits per heavy atom. The Balaban J connectivity index is 1.77. The van der Waals surface area contributed by atoms with Gasteiger partial charge in [-0.15, -0.1) is 11.3 Å². The number of hydrogen-bond acceptors (Lipinski definition) is 5. The number of sulfonamides is 1. The van der Waals surface area contributed by atoms with E-state index in [2.05, 4.69) is 15.0 Å². The summed E-state index contributed by atoms with van der Waals surface area (Å²) in [6.45, 7) is 5.82. The van der Waals surface area contributed by atoms with Gasteiger partial charge in [-0.2, -0.15) is 0 Å². The molecule has 0 atom stereocenters. The molecule has 0 aliphatic heterocycles. The Morgan fingerprint density at radius 2 is 1.78 bits per heavy atom. The van der Waals surface area contributed by atoms with Crippen LogP contribution >= 0.6 is 11.3 Å². The van der Waals surface area contributed by atoms with Gasteiger partial charge < -0.3 is 5.32 Å². The fourth-order valence-electron chi connectivity index (χ4n) is 2.64. The van der Waals surface area contributed by atoms with Gasteiger partial charge in [0.05, 0.1) is 4.90 Å². The number of nitrogens with zero attached hydrogens (tertiary/aromatic N) is 1. The fourth-order valence-corrected chi connectivity index (χ4v) is 4.43. The predicted molar refractivity (Wildman–Crippen MR) is 108 cm³/mol. The number of nitrogens with one attached hydrogen (secondary N) is 2. The molecule has 0 saturated carbocycles. The first-order valence-electron chi connectivity index (χ1n) is 8.18. The van der Waals surface area contributed by atoms with Crippen LogP contribution in [0.4, 0.5) is 10.8 Å². The smallest absolute Gasteiger partial charge is 0.263 e. The highest BCUT2D eigenvalue weighted by Crippen LogP contribution is 2.21. The zero-order valence-electron chi connectivity index (χ0n) is 15.1. The number of amides is 1. The van der Waals surface area contributed by atoms with Gasteiger partial charge in [0.15, 0.2) is 5.13 Å². The SMILES string of the molecule is Cc1cc(C)c(C)c(C(=O)Nc2ccc(S(=O)(=O)Nc3nccs3)cc2)c1. The summed E-state index contributed by atoms with van der Waals surface area (Å²) in [6.07, 6.45) is 1.52. The molecule has 1 aromatic heterocycles. The summed E-state index contributed by atoms with van der Waals surface area (Å²) in [5, 5.41) is 4.80. The van der Waals surface area contributed by atoms with Crippen molar-refractivity contribution in [2.45, 2.75) is 25.7 Å². The number of rotatable bonds is 5. The maximum Gasteiger partial charge on any atom is 0.263 e. The molecule has 0 saturated heterocycles. The van der Waals surface area contributed by atoms with Crippen LogP contribution in [-0.4, -0.2) is 19.3 Å². The summed E-state index contributed by atoms with van der Waals surface area (Å²) < 4.78 is 27.1. The maximum absolute atomic E-state index is 12.6. The second-order valence-electron chi connectivity index (χ2n) is 6.18. The summed E-state index contributed by atoms with van der Waals surface area (Å²) in [7, 11) is -3.71. The number of carbonyl (C=O) groups excluding carboxylic acids is 1. The molecule has 0 aliphatic rings. The van der Waals surface area contributed by atoms with Crippen molar-refractivity contribution >= 4 is 38.1 Å². The Bertz CT molecular complexity index is 1070. The number of aromatic nitrogens is 1. The van der Waals surface area contributed by atoms with Gasteiger partial charge in [0.2, 0.25) is 0 Å². The van der Waals surface area contributed by atoms with Gasteiger partial charge in [0.25, 0.3) is 15.9 Å². The molecule has 0 unspecified atom stereocenters. The van der Waals surface area contributed by atoms with Gasteiger partial charge in [0.1, 0.15) is 0 Å². The van der Waals surface area contributed by atoms with E-state index in [0.717, 1.165) is 16.7 Å².